The van der Waals surface area contributed by atoms with Gasteiger partial charge >= 0.3 is 0 Å². The summed E-state index contributed by atoms with van der Waals surface area (Å²) in [7, 11) is -0.0201. The number of aryl methyl sites for hydroxylation is 2. The third-order valence-electron chi connectivity index (χ3n) is 7.66. The van der Waals surface area contributed by atoms with Crippen molar-refractivity contribution in [3.63, 3.8) is 0 Å². The van der Waals surface area contributed by atoms with Crippen molar-refractivity contribution in [2.24, 2.45) is 0 Å². The minimum absolute atomic E-state index is 0.109. The number of nitrogens with zero attached hydrogens (tertiary/aromatic N) is 3. The largest absolute Gasteiger partial charge is 0.497 e. The van der Waals surface area contributed by atoms with Gasteiger partial charge in [0.05, 0.1) is 18.6 Å². The second kappa shape index (κ2) is 13.1. The van der Waals surface area contributed by atoms with Crippen LogP contribution in [0.25, 0.3) is 0 Å². The Hall–Kier alpha value is -2.66. The Balaban J connectivity index is 1.33. The van der Waals surface area contributed by atoms with E-state index in [1.165, 1.54) is 0 Å². The summed E-state index contributed by atoms with van der Waals surface area (Å²) in [4.78, 5) is 17.6. The zero-order chi connectivity index (χ0) is 28.0. The van der Waals surface area contributed by atoms with E-state index in [0.29, 0.717) is 41.3 Å². The fourth-order valence-electron chi connectivity index (χ4n) is 5.56. The molecular formula is C29H42N4O5S. The molecule has 4 rings (SSSR count). The van der Waals surface area contributed by atoms with Gasteiger partial charge in [-0.15, -0.1) is 0 Å². The number of nitrogens with one attached hydrogen (secondary N) is 1. The van der Waals surface area contributed by atoms with E-state index < -0.39 is 10.0 Å². The average Bonchev–Trinajstić information content (AvgIpc) is 2.92. The molecule has 0 radical (unpaired) electrons. The molecule has 10 heteroatoms. The highest BCUT2D eigenvalue weighted by molar-refractivity contribution is 7.89. The number of piperazine rings is 1. The summed E-state index contributed by atoms with van der Waals surface area (Å²) in [5.74, 6) is 0.426. The summed E-state index contributed by atoms with van der Waals surface area (Å²) >= 11 is 0. The van der Waals surface area contributed by atoms with Crippen molar-refractivity contribution in [2.45, 2.75) is 50.6 Å². The average molecular weight is 559 g/mol. The Kier molecular flexibility index (Phi) is 9.87. The Morgan fingerprint density at radius 2 is 1.72 bits per heavy atom. The number of carbonyl (C=O) groups excluding carboxylic acids is 1. The first-order valence-corrected chi connectivity index (χ1v) is 15.2. The van der Waals surface area contributed by atoms with Crippen LogP contribution in [0.15, 0.2) is 41.3 Å². The third kappa shape index (κ3) is 7.11. The number of anilines is 1. The molecule has 2 fully saturated rings. The SMILES string of the molecule is COc1cc(C)c(S(=O)(=O)N2CCCCC2COCC(=O)NCc2ccccc2N2CCN(C)CC2)c(C)c1. The molecule has 2 aromatic rings. The lowest BCUT2D eigenvalue weighted by molar-refractivity contribution is -0.126. The van der Waals surface area contributed by atoms with Crippen LogP contribution < -0.4 is 15.0 Å². The predicted octanol–water partition coefficient (Wildman–Crippen LogP) is 2.94. The maximum atomic E-state index is 13.7. The van der Waals surface area contributed by atoms with Crippen molar-refractivity contribution in [3.8, 4) is 5.75 Å². The number of sulfonamides is 1. The highest BCUT2D eigenvalue weighted by atomic mass is 32.2. The maximum Gasteiger partial charge on any atom is 0.246 e. The molecule has 1 unspecified atom stereocenters. The third-order valence-corrected chi connectivity index (χ3v) is 9.92. The summed E-state index contributed by atoms with van der Waals surface area (Å²) < 4.78 is 40.1. The molecule has 1 N–H and O–H groups in total. The normalized spacial score (nSPS) is 19.2. The van der Waals surface area contributed by atoms with E-state index in [9.17, 15) is 13.2 Å². The number of hydrogen-bond donors (Lipinski definition) is 1. The summed E-state index contributed by atoms with van der Waals surface area (Å²) in [6.45, 7) is 8.47. The highest BCUT2D eigenvalue weighted by Crippen LogP contribution is 2.32. The van der Waals surface area contributed by atoms with Crippen molar-refractivity contribution in [1.82, 2.24) is 14.5 Å². The molecule has 0 aromatic heterocycles. The molecule has 214 valence electrons. The van der Waals surface area contributed by atoms with Crippen LogP contribution in [-0.2, 0) is 26.1 Å². The molecule has 2 heterocycles. The first-order valence-electron chi connectivity index (χ1n) is 13.7. The molecule has 1 amide bonds. The fraction of sp³-hybridized carbons (Fsp3) is 0.552. The molecule has 0 bridgehead atoms. The molecule has 2 saturated heterocycles. The lowest BCUT2D eigenvalue weighted by Crippen LogP contribution is -2.46. The molecular weight excluding hydrogens is 516 g/mol. The molecule has 39 heavy (non-hydrogen) atoms. The van der Waals surface area contributed by atoms with Gasteiger partial charge in [0.25, 0.3) is 0 Å². The van der Waals surface area contributed by atoms with Crippen LogP contribution in [0, 0.1) is 13.8 Å². The second-order valence-corrected chi connectivity index (χ2v) is 12.4. The zero-order valence-corrected chi connectivity index (χ0v) is 24.4. The molecule has 0 saturated carbocycles. The lowest BCUT2D eigenvalue weighted by Gasteiger charge is -2.35. The van der Waals surface area contributed by atoms with Crippen LogP contribution in [0.2, 0.25) is 0 Å². The standard InChI is InChI=1S/C29H42N4O5S/c1-22-17-26(37-4)18-23(2)29(22)39(35,36)33-12-8-7-10-25(33)20-38-21-28(34)30-19-24-9-5-6-11-27(24)32-15-13-31(3)14-16-32/h5-6,9,11,17-18,25H,7-8,10,12-16,19-21H2,1-4H3,(H,30,34). The van der Waals surface area contributed by atoms with Crippen LogP contribution in [0.4, 0.5) is 5.69 Å². The number of carbonyl (C=O) groups is 1. The van der Waals surface area contributed by atoms with E-state index in [4.69, 9.17) is 9.47 Å². The van der Waals surface area contributed by atoms with Gasteiger partial charge in [-0.05, 0) is 68.6 Å². The molecule has 0 aliphatic carbocycles. The van der Waals surface area contributed by atoms with E-state index in [1.54, 1.807) is 37.4 Å². The van der Waals surface area contributed by atoms with E-state index in [0.717, 1.165) is 50.3 Å². The smallest absolute Gasteiger partial charge is 0.246 e. The highest BCUT2D eigenvalue weighted by Gasteiger charge is 2.35. The first kappa shape index (κ1) is 29.3. The molecule has 1 atom stereocenters. The molecule has 2 aromatic carbocycles. The topological polar surface area (TPSA) is 91.4 Å². The number of hydrogen-bond acceptors (Lipinski definition) is 7. The van der Waals surface area contributed by atoms with Gasteiger partial charge in [0.2, 0.25) is 15.9 Å². The van der Waals surface area contributed by atoms with Gasteiger partial charge in [0, 0.05) is 51.0 Å². The van der Waals surface area contributed by atoms with Crippen LogP contribution in [0.3, 0.4) is 0 Å². The van der Waals surface area contributed by atoms with Gasteiger partial charge in [-0.3, -0.25) is 4.79 Å². The predicted molar refractivity (Wildman–Crippen MR) is 153 cm³/mol. The van der Waals surface area contributed by atoms with Crippen LogP contribution in [-0.4, -0.2) is 89.7 Å². The Bertz CT molecular complexity index is 1220. The van der Waals surface area contributed by atoms with E-state index in [-0.39, 0.29) is 25.2 Å². The van der Waals surface area contributed by atoms with Gasteiger partial charge in [-0.1, -0.05) is 24.6 Å². The van der Waals surface area contributed by atoms with Crippen molar-refractivity contribution < 1.29 is 22.7 Å². The number of amides is 1. The van der Waals surface area contributed by atoms with Crippen molar-refractivity contribution in [2.75, 3.05) is 65.0 Å². The van der Waals surface area contributed by atoms with Gasteiger partial charge in [0.15, 0.2) is 0 Å². The summed E-state index contributed by atoms with van der Waals surface area (Å²) in [5.41, 5.74) is 3.55. The number of ether oxygens (including phenoxy) is 2. The number of rotatable bonds is 10. The Morgan fingerprint density at radius 3 is 2.41 bits per heavy atom. The fourth-order valence-corrected chi connectivity index (χ4v) is 7.65. The zero-order valence-electron chi connectivity index (χ0n) is 23.6. The molecule has 0 spiro atoms. The van der Waals surface area contributed by atoms with Crippen molar-refractivity contribution in [1.29, 1.82) is 0 Å². The quantitative estimate of drug-likeness (QED) is 0.480. The van der Waals surface area contributed by atoms with Gasteiger partial charge in [-0.2, -0.15) is 4.31 Å². The first-order chi connectivity index (χ1) is 18.7. The molecule has 2 aliphatic heterocycles. The minimum Gasteiger partial charge on any atom is -0.497 e. The lowest BCUT2D eigenvalue weighted by atomic mass is 10.1. The van der Waals surface area contributed by atoms with E-state index in [2.05, 4.69) is 28.2 Å². The summed E-state index contributed by atoms with van der Waals surface area (Å²) in [5, 5.41) is 2.97. The van der Waals surface area contributed by atoms with Gasteiger partial charge in [-0.25, -0.2) is 8.42 Å². The van der Waals surface area contributed by atoms with Crippen LogP contribution in [0.1, 0.15) is 36.0 Å². The van der Waals surface area contributed by atoms with Crippen LogP contribution >= 0.6 is 0 Å². The number of benzene rings is 2. The summed E-state index contributed by atoms with van der Waals surface area (Å²) in [6, 6.07) is 11.4. The number of piperidine rings is 1. The molecule has 9 nitrogen and oxygen atoms in total. The molecule has 2 aliphatic rings. The second-order valence-electron chi connectivity index (χ2n) is 10.6. The Morgan fingerprint density at radius 1 is 1.03 bits per heavy atom. The summed E-state index contributed by atoms with van der Waals surface area (Å²) in [6.07, 6.45) is 2.43. The number of methoxy groups -OCH3 is 1. The minimum atomic E-state index is -3.72. The monoisotopic (exact) mass is 558 g/mol. The maximum absolute atomic E-state index is 13.7. The van der Waals surface area contributed by atoms with Crippen molar-refractivity contribution >= 4 is 21.6 Å². The van der Waals surface area contributed by atoms with E-state index in [1.807, 2.05) is 18.2 Å². The van der Waals surface area contributed by atoms with Gasteiger partial charge < -0.3 is 24.6 Å². The van der Waals surface area contributed by atoms with E-state index >= 15 is 0 Å². The number of likely N-dealkylation sites (N-methyl/N-ethyl adjacent to an activating group) is 1. The van der Waals surface area contributed by atoms with Crippen molar-refractivity contribution in [3.05, 3.63) is 53.1 Å². The van der Waals surface area contributed by atoms with Crippen LogP contribution in [0.5, 0.6) is 5.75 Å². The Labute approximate surface area is 233 Å². The van der Waals surface area contributed by atoms with Gasteiger partial charge in [0.1, 0.15) is 12.4 Å². The number of para-hydroxylation sites is 1.